The van der Waals surface area contributed by atoms with Crippen LogP contribution in [0.4, 0.5) is 0 Å². The van der Waals surface area contributed by atoms with Crippen LogP contribution in [0.5, 0.6) is 0 Å². The average molecular weight is 369 g/mol. The van der Waals surface area contributed by atoms with Gasteiger partial charge < -0.3 is 14.6 Å². The zero-order valence-corrected chi connectivity index (χ0v) is 15.6. The van der Waals surface area contributed by atoms with Crippen molar-refractivity contribution in [1.82, 2.24) is 25.3 Å². The number of hydrogen-bond acceptors (Lipinski definition) is 5. The normalized spacial score (nSPS) is 24.9. The summed E-state index contributed by atoms with van der Waals surface area (Å²) < 4.78 is 1.86. The first-order valence-corrected chi connectivity index (χ1v) is 9.62. The molecule has 0 saturated carbocycles. The van der Waals surface area contributed by atoms with E-state index in [0.29, 0.717) is 25.5 Å². The fourth-order valence-electron chi connectivity index (χ4n) is 4.25. The van der Waals surface area contributed by atoms with Crippen LogP contribution in [0.25, 0.3) is 0 Å². The summed E-state index contributed by atoms with van der Waals surface area (Å²) in [5, 5.41) is 10.6. The van der Waals surface area contributed by atoms with E-state index in [9.17, 15) is 9.90 Å². The van der Waals surface area contributed by atoms with Crippen LogP contribution < -0.4 is 10.9 Å². The van der Waals surface area contributed by atoms with Crippen molar-refractivity contribution in [3.63, 3.8) is 0 Å². The van der Waals surface area contributed by atoms with Gasteiger partial charge in [0.1, 0.15) is 11.9 Å². The van der Waals surface area contributed by atoms with E-state index in [2.05, 4.69) is 28.0 Å². The van der Waals surface area contributed by atoms with Gasteiger partial charge >= 0.3 is 0 Å². The molecule has 4 rings (SSSR count). The van der Waals surface area contributed by atoms with Gasteiger partial charge in [-0.3, -0.25) is 10.2 Å². The maximum Gasteiger partial charge on any atom is 0.229 e. The third-order valence-corrected chi connectivity index (χ3v) is 5.88. The largest absolute Gasteiger partial charge is 0.385 e. The first kappa shape index (κ1) is 18.2. The second-order valence-electron chi connectivity index (χ2n) is 7.52. The number of rotatable bonds is 4. The molecule has 2 aliphatic rings. The van der Waals surface area contributed by atoms with E-state index < -0.39 is 6.10 Å². The number of amides is 1. The van der Waals surface area contributed by atoms with Gasteiger partial charge in [0.2, 0.25) is 5.91 Å². The van der Waals surface area contributed by atoms with Gasteiger partial charge in [-0.25, -0.2) is 10.4 Å². The molecule has 1 aromatic carbocycles. The lowest BCUT2D eigenvalue weighted by molar-refractivity contribution is -0.137. The van der Waals surface area contributed by atoms with E-state index in [0.717, 1.165) is 18.4 Å². The van der Waals surface area contributed by atoms with Crippen LogP contribution in [0, 0.1) is 11.8 Å². The number of piperidine rings is 1. The Hall–Kier alpha value is -2.22. The molecule has 0 aliphatic carbocycles. The zero-order chi connectivity index (χ0) is 18.8. The Balaban J connectivity index is 1.38. The van der Waals surface area contributed by atoms with E-state index in [1.165, 1.54) is 0 Å². The second-order valence-corrected chi connectivity index (χ2v) is 7.52. The summed E-state index contributed by atoms with van der Waals surface area (Å²) in [6, 6.07) is 10.1. The van der Waals surface area contributed by atoms with Gasteiger partial charge in [0.05, 0.1) is 12.0 Å². The van der Waals surface area contributed by atoms with Gasteiger partial charge in [-0.2, -0.15) is 0 Å². The number of aromatic nitrogens is 2. The van der Waals surface area contributed by atoms with E-state index >= 15 is 0 Å². The van der Waals surface area contributed by atoms with Crippen LogP contribution in [-0.4, -0.2) is 45.1 Å². The molecule has 3 N–H and O–H groups in total. The quantitative estimate of drug-likeness (QED) is 0.753. The molecular weight excluding hydrogens is 342 g/mol. The molecular formula is C20H27N5O2. The number of hydrogen-bond donors (Lipinski definition) is 3. The van der Waals surface area contributed by atoms with Crippen LogP contribution in [-0.2, 0) is 11.8 Å². The summed E-state index contributed by atoms with van der Waals surface area (Å²) in [4.78, 5) is 19.3. The van der Waals surface area contributed by atoms with Crippen molar-refractivity contribution in [2.24, 2.45) is 18.9 Å². The van der Waals surface area contributed by atoms with E-state index in [1.54, 1.807) is 6.20 Å². The molecule has 0 spiro atoms. The number of carbonyl (C=O) groups excluding carboxylic acids is 1. The summed E-state index contributed by atoms with van der Waals surface area (Å²) >= 11 is 0. The Kier molecular flexibility index (Phi) is 5.24. The molecule has 27 heavy (non-hydrogen) atoms. The summed E-state index contributed by atoms with van der Waals surface area (Å²) in [5.74, 6) is 0.919. The number of nitrogens with zero attached hydrogens (tertiary/aromatic N) is 3. The highest BCUT2D eigenvalue weighted by Gasteiger charge is 2.38. The van der Waals surface area contributed by atoms with Crippen molar-refractivity contribution < 1.29 is 9.90 Å². The molecule has 7 heteroatoms. The molecule has 2 aliphatic heterocycles. The Morgan fingerprint density at radius 3 is 2.67 bits per heavy atom. The van der Waals surface area contributed by atoms with Crippen molar-refractivity contribution in [3.05, 3.63) is 54.1 Å². The molecule has 2 fully saturated rings. The standard InChI is InChI=1S/C20H27N5O2/c1-24-12-9-21-19(24)18(26)15-7-10-25(11-8-15)20(27)16-13-22-23-17(16)14-5-3-2-4-6-14/h2-6,9,12,15-18,22-23,26H,7-8,10-11,13H2,1H3. The van der Waals surface area contributed by atoms with Gasteiger partial charge in [0.15, 0.2) is 0 Å². The van der Waals surface area contributed by atoms with Gasteiger partial charge in [0.25, 0.3) is 0 Å². The van der Waals surface area contributed by atoms with Crippen molar-refractivity contribution in [1.29, 1.82) is 0 Å². The number of nitrogens with one attached hydrogen (secondary N) is 2. The molecule has 1 aromatic heterocycles. The fourth-order valence-corrected chi connectivity index (χ4v) is 4.25. The summed E-state index contributed by atoms with van der Waals surface area (Å²) in [6.45, 7) is 2.00. The Morgan fingerprint density at radius 1 is 1.26 bits per heavy atom. The van der Waals surface area contributed by atoms with Gasteiger partial charge in [-0.1, -0.05) is 30.3 Å². The van der Waals surface area contributed by atoms with Crippen molar-refractivity contribution in [2.45, 2.75) is 25.0 Å². The number of aliphatic hydroxyl groups excluding tert-OH is 1. The number of likely N-dealkylation sites (tertiary alicyclic amines) is 1. The fraction of sp³-hybridized carbons (Fsp3) is 0.500. The minimum atomic E-state index is -0.575. The van der Waals surface area contributed by atoms with Crippen molar-refractivity contribution >= 4 is 5.91 Å². The highest BCUT2D eigenvalue weighted by molar-refractivity contribution is 5.80. The van der Waals surface area contributed by atoms with Crippen LogP contribution in [0.1, 0.15) is 36.4 Å². The number of benzene rings is 1. The molecule has 0 radical (unpaired) electrons. The SMILES string of the molecule is Cn1ccnc1C(O)C1CCN(C(=O)C2CNNC2c2ccccc2)CC1. The molecule has 7 nitrogen and oxygen atoms in total. The highest BCUT2D eigenvalue weighted by Crippen LogP contribution is 2.32. The molecule has 2 saturated heterocycles. The molecule has 0 bridgehead atoms. The number of carbonyl (C=O) groups is 1. The maximum absolute atomic E-state index is 13.1. The van der Waals surface area contributed by atoms with Crippen molar-refractivity contribution in [3.8, 4) is 0 Å². The van der Waals surface area contributed by atoms with Crippen LogP contribution in [0.2, 0.25) is 0 Å². The summed E-state index contributed by atoms with van der Waals surface area (Å²) in [5.41, 5.74) is 7.52. The lowest BCUT2D eigenvalue weighted by Crippen LogP contribution is -2.44. The minimum absolute atomic E-state index is 0.00502. The smallest absolute Gasteiger partial charge is 0.229 e. The van der Waals surface area contributed by atoms with Crippen molar-refractivity contribution in [2.75, 3.05) is 19.6 Å². The van der Waals surface area contributed by atoms with Crippen LogP contribution >= 0.6 is 0 Å². The maximum atomic E-state index is 13.1. The highest BCUT2D eigenvalue weighted by atomic mass is 16.3. The van der Waals surface area contributed by atoms with E-state index in [1.807, 2.05) is 40.9 Å². The number of aliphatic hydroxyl groups is 1. The number of aryl methyl sites for hydroxylation is 1. The molecule has 3 heterocycles. The Labute approximate surface area is 159 Å². The Morgan fingerprint density at radius 2 is 2.00 bits per heavy atom. The minimum Gasteiger partial charge on any atom is -0.385 e. The first-order valence-electron chi connectivity index (χ1n) is 9.62. The lowest BCUT2D eigenvalue weighted by Gasteiger charge is -2.36. The topological polar surface area (TPSA) is 82.4 Å². The summed E-state index contributed by atoms with van der Waals surface area (Å²) in [6.07, 6.45) is 4.57. The molecule has 3 atom stereocenters. The van der Waals surface area contributed by atoms with Gasteiger partial charge in [0, 0.05) is 39.1 Å². The monoisotopic (exact) mass is 369 g/mol. The lowest BCUT2D eigenvalue weighted by atomic mass is 9.88. The third kappa shape index (κ3) is 3.63. The summed E-state index contributed by atoms with van der Waals surface area (Å²) in [7, 11) is 1.90. The van der Waals surface area contributed by atoms with Crippen LogP contribution in [0.15, 0.2) is 42.7 Å². The van der Waals surface area contributed by atoms with Crippen LogP contribution in [0.3, 0.4) is 0 Å². The number of imidazole rings is 1. The zero-order valence-electron chi connectivity index (χ0n) is 15.6. The predicted molar refractivity (Wildman–Crippen MR) is 101 cm³/mol. The third-order valence-electron chi connectivity index (χ3n) is 5.88. The molecule has 144 valence electrons. The van der Waals surface area contributed by atoms with Gasteiger partial charge in [-0.15, -0.1) is 0 Å². The number of hydrazine groups is 1. The molecule has 2 aromatic rings. The molecule has 1 amide bonds. The molecule has 3 unspecified atom stereocenters. The predicted octanol–water partition coefficient (Wildman–Crippen LogP) is 1.16. The average Bonchev–Trinajstić information content (AvgIpc) is 3.37. The van der Waals surface area contributed by atoms with Gasteiger partial charge in [-0.05, 0) is 24.3 Å². The second kappa shape index (κ2) is 7.80. The van der Waals surface area contributed by atoms with E-state index in [4.69, 9.17) is 0 Å². The van der Waals surface area contributed by atoms with E-state index in [-0.39, 0.29) is 23.8 Å². The first-order chi connectivity index (χ1) is 13.1. The Bertz CT molecular complexity index is 770.